The molecule has 0 aliphatic carbocycles. The average molecular weight is 250 g/mol. The van der Waals surface area contributed by atoms with Crippen molar-refractivity contribution >= 4 is 21.1 Å². The summed E-state index contributed by atoms with van der Waals surface area (Å²) in [7, 11) is 0.218. The van der Waals surface area contributed by atoms with Crippen molar-refractivity contribution in [2.24, 2.45) is 5.41 Å². The van der Waals surface area contributed by atoms with Crippen molar-refractivity contribution in [1.82, 2.24) is 0 Å². The maximum Gasteiger partial charge on any atom is 0.400 e. The molecule has 7 heteroatoms. The third kappa shape index (κ3) is 4.46. The van der Waals surface area contributed by atoms with Crippen molar-refractivity contribution in [1.29, 1.82) is 0 Å². The fraction of sp³-hybridized carbons (Fsp3) is 0.818. The van der Waals surface area contributed by atoms with Crippen molar-refractivity contribution in [3.8, 4) is 0 Å². The zero-order valence-corrected chi connectivity index (χ0v) is 11.6. The van der Waals surface area contributed by atoms with Crippen LogP contribution in [0.1, 0.15) is 27.2 Å². The van der Waals surface area contributed by atoms with E-state index in [1.165, 1.54) is 5.57 Å². The van der Waals surface area contributed by atoms with Crippen LogP contribution in [0.2, 0.25) is 0 Å². The molecular weight excluding hydrogens is 229 g/mol. The van der Waals surface area contributed by atoms with Gasteiger partial charge in [-0.05, 0) is 13.3 Å². The highest BCUT2D eigenvalue weighted by Gasteiger charge is 2.34. The van der Waals surface area contributed by atoms with Gasteiger partial charge in [0.1, 0.15) is 0 Å². The fourth-order valence-electron chi connectivity index (χ4n) is 2.30. The van der Waals surface area contributed by atoms with E-state index in [0.717, 1.165) is 19.6 Å². The zero-order chi connectivity index (χ0) is 13.0. The molecule has 2 heterocycles. The van der Waals surface area contributed by atoms with Gasteiger partial charge in [-0.3, -0.25) is 0 Å². The van der Waals surface area contributed by atoms with Gasteiger partial charge in [0.2, 0.25) is 7.06 Å². The van der Waals surface area contributed by atoms with Gasteiger partial charge in [-0.15, -0.1) is 0 Å². The predicted octanol–water partition coefficient (Wildman–Crippen LogP) is 0.849. The summed E-state index contributed by atoms with van der Waals surface area (Å²) in [6, 6.07) is 0. The molecule has 0 atom stereocenters. The largest absolute Gasteiger partial charge is 0.418 e. The monoisotopic (exact) mass is 250 g/mol. The van der Waals surface area contributed by atoms with Crippen LogP contribution in [-0.2, 0) is 18.6 Å². The highest BCUT2D eigenvalue weighted by molar-refractivity contribution is 7.35. The Labute approximate surface area is 111 Å². The molecule has 0 saturated carbocycles. The van der Waals surface area contributed by atoms with Gasteiger partial charge in [-0.25, -0.2) is 0 Å². The molecule has 4 nitrogen and oxygen atoms in total. The molecule has 0 amide bonds. The van der Waals surface area contributed by atoms with Crippen LogP contribution < -0.4 is 0 Å². The van der Waals surface area contributed by atoms with Crippen LogP contribution in [0, 0.1) is 5.41 Å². The molecule has 1 saturated heterocycles. The molecule has 2 aliphatic heterocycles. The van der Waals surface area contributed by atoms with Crippen LogP contribution in [0.3, 0.4) is 0 Å². The number of hydrogen-bond acceptors (Lipinski definition) is 4. The van der Waals surface area contributed by atoms with Crippen molar-refractivity contribution < 1.29 is 18.6 Å². The van der Waals surface area contributed by atoms with Gasteiger partial charge in [-0.1, -0.05) is 25.5 Å². The van der Waals surface area contributed by atoms with Gasteiger partial charge < -0.3 is 18.6 Å². The maximum absolute atomic E-state index is 5.82. The first kappa shape index (κ1) is 14.2. The van der Waals surface area contributed by atoms with E-state index in [2.05, 4.69) is 26.8 Å². The molecule has 0 aromatic rings. The lowest BCUT2D eigenvalue weighted by Crippen LogP contribution is -2.48. The molecule has 18 heavy (non-hydrogen) atoms. The second-order valence-electron chi connectivity index (χ2n) is 5.79. The minimum Gasteiger partial charge on any atom is -0.418 e. The summed E-state index contributed by atoms with van der Waals surface area (Å²) in [5, 5.41) is 0. The third-order valence-corrected chi connectivity index (χ3v) is 3.06. The van der Waals surface area contributed by atoms with Crippen LogP contribution in [0.15, 0.2) is 11.6 Å². The van der Waals surface area contributed by atoms with E-state index in [0.29, 0.717) is 20.3 Å². The Bertz CT molecular complexity index is 303. The highest BCUT2D eigenvalue weighted by Crippen LogP contribution is 2.22. The van der Waals surface area contributed by atoms with E-state index >= 15 is 0 Å². The van der Waals surface area contributed by atoms with Crippen LogP contribution in [0.5, 0.6) is 0 Å². The Hall–Kier alpha value is -0.225. The Balaban J connectivity index is 1.88. The molecule has 98 valence electrons. The van der Waals surface area contributed by atoms with E-state index < -0.39 is 0 Å². The second-order valence-corrected chi connectivity index (χ2v) is 5.79. The molecule has 2 rings (SSSR count). The second kappa shape index (κ2) is 6.28. The van der Waals surface area contributed by atoms with E-state index in [1.807, 2.05) is 0 Å². The first-order valence-electron chi connectivity index (χ1n) is 6.70. The summed E-state index contributed by atoms with van der Waals surface area (Å²) in [5.41, 5.74) is 1.30. The molecule has 0 aromatic carbocycles. The Morgan fingerprint density at radius 2 is 1.78 bits per heavy atom. The van der Waals surface area contributed by atoms with E-state index in [1.54, 1.807) is 0 Å². The number of hydrogen-bond donors (Lipinski definition) is 0. The van der Waals surface area contributed by atoms with Gasteiger partial charge in [0.25, 0.3) is 0 Å². The predicted molar refractivity (Wildman–Crippen MR) is 74.6 cm³/mol. The fourth-order valence-corrected chi connectivity index (χ4v) is 2.30. The average Bonchev–Trinajstić information content (AvgIpc) is 2.32. The SMILES string of the molecule is C/C1=C\C(C)(C)COB(BB2OCCCO2)OC1. The van der Waals surface area contributed by atoms with Crippen LogP contribution in [-0.4, -0.2) is 47.5 Å². The Morgan fingerprint density at radius 3 is 2.50 bits per heavy atom. The molecule has 1 fully saturated rings. The van der Waals surface area contributed by atoms with Gasteiger partial charge >= 0.3 is 14.0 Å². The van der Waals surface area contributed by atoms with Gasteiger partial charge in [0, 0.05) is 25.2 Å². The first-order valence-corrected chi connectivity index (χ1v) is 6.70. The van der Waals surface area contributed by atoms with E-state index in [-0.39, 0.29) is 19.4 Å². The molecule has 2 aliphatic rings. The highest BCUT2D eigenvalue weighted by atomic mass is 16.6. The normalized spacial score (nSPS) is 28.1. The quantitative estimate of drug-likeness (QED) is 0.537. The van der Waals surface area contributed by atoms with E-state index in [9.17, 15) is 0 Å². The summed E-state index contributed by atoms with van der Waals surface area (Å²) in [5.74, 6) is 0. The molecule has 0 spiro atoms. The zero-order valence-electron chi connectivity index (χ0n) is 11.6. The van der Waals surface area contributed by atoms with Gasteiger partial charge in [-0.2, -0.15) is 0 Å². The summed E-state index contributed by atoms with van der Waals surface area (Å²) < 4.78 is 22.6. The summed E-state index contributed by atoms with van der Waals surface area (Å²) >= 11 is 0. The smallest absolute Gasteiger partial charge is 0.400 e. The standard InChI is InChI=1S/C11H21B3O4/c1-10-7-11(2,3)9-18-14(17-8-10)12-13-15-5-4-6-16-13/h7,12H,4-6,8-9H2,1-3H3/b10-7+. The number of rotatable bonds is 2. The van der Waals surface area contributed by atoms with E-state index in [4.69, 9.17) is 18.6 Å². The lowest BCUT2D eigenvalue weighted by atomic mass is 9.23. The Kier molecular flexibility index (Phi) is 4.95. The summed E-state index contributed by atoms with van der Waals surface area (Å²) in [4.78, 5) is 0. The van der Waals surface area contributed by atoms with Gasteiger partial charge in [0.05, 0.1) is 6.61 Å². The minimum atomic E-state index is -0.240. The van der Waals surface area contributed by atoms with Crippen molar-refractivity contribution in [3.05, 3.63) is 11.6 Å². The van der Waals surface area contributed by atoms with Gasteiger partial charge in [0.15, 0.2) is 0 Å². The maximum atomic E-state index is 5.82. The lowest BCUT2D eigenvalue weighted by molar-refractivity contribution is 0.145. The van der Waals surface area contributed by atoms with Crippen LogP contribution in [0.4, 0.5) is 0 Å². The molecule has 0 N–H and O–H groups in total. The molecule has 0 unspecified atom stereocenters. The van der Waals surface area contributed by atoms with Crippen LogP contribution in [0.25, 0.3) is 0 Å². The lowest BCUT2D eigenvalue weighted by Gasteiger charge is -2.29. The summed E-state index contributed by atoms with van der Waals surface area (Å²) in [6.45, 7) is 9.24. The van der Waals surface area contributed by atoms with Crippen molar-refractivity contribution in [2.75, 3.05) is 26.4 Å². The topological polar surface area (TPSA) is 36.9 Å². The first-order chi connectivity index (χ1) is 8.55. The summed E-state index contributed by atoms with van der Waals surface area (Å²) in [6.07, 6.45) is 3.19. The molecule has 0 aromatic heterocycles. The molecular formula is C11H21B3O4. The van der Waals surface area contributed by atoms with Crippen molar-refractivity contribution in [2.45, 2.75) is 27.2 Å². The molecule has 0 radical (unpaired) electrons. The van der Waals surface area contributed by atoms with Crippen molar-refractivity contribution in [3.63, 3.8) is 0 Å². The van der Waals surface area contributed by atoms with Crippen LogP contribution >= 0.6 is 0 Å². The molecule has 0 bridgehead atoms. The third-order valence-electron chi connectivity index (χ3n) is 3.06. The minimum absolute atomic E-state index is 0.0559. The Morgan fingerprint density at radius 1 is 1.11 bits per heavy atom.